The van der Waals surface area contributed by atoms with Gasteiger partial charge in [-0.25, -0.2) is 0 Å². The summed E-state index contributed by atoms with van der Waals surface area (Å²) in [4.78, 5) is 24.9. The molecule has 0 unspecified atom stereocenters. The molecule has 0 aromatic carbocycles. The smallest absolute Gasteiger partial charge is 0.305 e. The van der Waals surface area contributed by atoms with Crippen molar-refractivity contribution in [2.45, 2.75) is 52.9 Å². The molecule has 0 aromatic rings. The molecule has 0 spiro atoms. The fourth-order valence-corrected chi connectivity index (χ4v) is 2.86. The van der Waals surface area contributed by atoms with Gasteiger partial charge in [-0.1, -0.05) is 20.3 Å². The third kappa shape index (κ3) is 3.47. The van der Waals surface area contributed by atoms with E-state index in [9.17, 15) is 9.59 Å². The molecule has 4 heteroatoms. The number of amides is 1. The normalized spacial score (nSPS) is 17.3. The molecule has 0 heterocycles. The van der Waals surface area contributed by atoms with Gasteiger partial charge in [0.2, 0.25) is 5.91 Å². The van der Waals surface area contributed by atoms with Gasteiger partial charge in [0.05, 0.1) is 6.42 Å². The van der Waals surface area contributed by atoms with Gasteiger partial charge in [-0.15, -0.1) is 0 Å². The van der Waals surface area contributed by atoms with Crippen molar-refractivity contribution in [3.63, 3.8) is 0 Å². The van der Waals surface area contributed by atoms with Crippen molar-refractivity contribution in [2.24, 2.45) is 11.3 Å². The topological polar surface area (TPSA) is 57.6 Å². The number of nitrogens with zero attached hydrogens (tertiary/aromatic N) is 1. The van der Waals surface area contributed by atoms with Gasteiger partial charge in [0.1, 0.15) is 0 Å². The third-order valence-electron chi connectivity index (χ3n) is 3.83. The van der Waals surface area contributed by atoms with Gasteiger partial charge in [0.25, 0.3) is 0 Å². The van der Waals surface area contributed by atoms with Crippen molar-refractivity contribution in [3.05, 3.63) is 0 Å². The molecule has 1 N–H and O–H groups in total. The lowest BCUT2D eigenvalue weighted by atomic mass is 9.63. The molecule has 0 aromatic heterocycles. The fourth-order valence-electron chi connectivity index (χ4n) is 2.86. The van der Waals surface area contributed by atoms with Crippen molar-refractivity contribution in [2.75, 3.05) is 13.1 Å². The molecule has 4 nitrogen and oxygen atoms in total. The van der Waals surface area contributed by atoms with Crippen molar-refractivity contribution in [1.82, 2.24) is 4.90 Å². The first-order valence-electron chi connectivity index (χ1n) is 6.92. The lowest BCUT2D eigenvalue weighted by Gasteiger charge is -2.44. The van der Waals surface area contributed by atoms with E-state index in [4.69, 9.17) is 5.11 Å². The zero-order valence-electron chi connectivity index (χ0n) is 11.7. The third-order valence-corrected chi connectivity index (χ3v) is 3.83. The predicted octanol–water partition coefficient (Wildman–Crippen LogP) is 2.53. The first-order valence-corrected chi connectivity index (χ1v) is 6.92. The van der Waals surface area contributed by atoms with Gasteiger partial charge in [0, 0.05) is 18.5 Å². The van der Waals surface area contributed by atoms with E-state index in [0.717, 1.165) is 25.7 Å². The van der Waals surface area contributed by atoms with Gasteiger partial charge in [-0.3, -0.25) is 9.59 Å². The maximum atomic E-state index is 12.6. The molecule has 1 amide bonds. The molecular weight excluding hydrogens is 230 g/mol. The number of rotatable bonds is 7. The maximum Gasteiger partial charge on any atom is 0.305 e. The largest absolute Gasteiger partial charge is 0.481 e. The monoisotopic (exact) mass is 255 g/mol. The lowest BCUT2D eigenvalue weighted by Crippen LogP contribution is -2.49. The van der Waals surface area contributed by atoms with Crippen LogP contribution in [0.2, 0.25) is 0 Å². The molecule has 18 heavy (non-hydrogen) atoms. The Kier molecular flexibility index (Phi) is 5.17. The summed E-state index contributed by atoms with van der Waals surface area (Å²) in [7, 11) is 0. The van der Waals surface area contributed by atoms with E-state index < -0.39 is 5.97 Å². The zero-order valence-corrected chi connectivity index (χ0v) is 11.7. The molecule has 1 rings (SSSR count). The summed E-state index contributed by atoms with van der Waals surface area (Å²) in [5, 5.41) is 8.72. The quantitative estimate of drug-likeness (QED) is 0.760. The van der Waals surface area contributed by atoms with E-state index in [2.05, 4.69) is 13.8 Å². The Morgan fingerprint density at radius 1 is 1.33 bits per heavy atom. The van der Waals surface area contributed by atoms with Crippen molar-refractivity contribution in [3.8, 4) is 0 Å². The highest BCUT2D eigenvalue weighted by atomic mass is 16.4. The summed E-state index contributed by atoms with van der Waals surface area (Å²) < 4.78 is 0. The molecule has 1 aliphatic carbocycles. The molecule has 0 radical (unpaired) electrons. The van der Waals surface area contributed by atoms with Gasteiger partial charge in [-0.2, -0.15) is 0 Å². The zero-order chi connectivity index (χ0) is 13.8. The first-order chi connectivity index (χ1) is 8.41. The molecule has 1 saturated carbocycles. The molecule has 104 valence electrons. The minimum absolute atomic E-state index is 0.0390. The predicted molar refractivity (Wildman–Crippen MR) is 70.2 cm³/mol. The summed E-state index contributed by atoms with van der Waals surface area (Å²) in [5.74, 6) is -0.161. The summed E-state index contributed by atoms with van der Waals surface area (Å²) in [6.07, 6.45) is 4.02. The van der Waals surface area contributed by atoms with E-state index in [1.807, 2.05) is 6.92 Å². The SMILES string of the molecule is CCN(CCC(=O)O)C(=O)C1(CC(C)C)CCC1. The summed E-state index contributed by atoms with van der Waals surface area (Å²) in [6.45, 7) is 7.14. The van der Waals surface area contributed by atoms with Gasteiger partial charge < -0.3 is 10.0 Å². The summed E-state index contributed by atoms with van der Waals surface area (Å²) in [5.41, 5.74) is -0.192. The van der Waals surface area contributed by atoms with Crippen LogP contribution in [0.25, 0.3) is 0 Å². The minimum atomic E-state index is -0.840. The van der Waals surface area contributed by atoms with Crippen molar-refractivity contribution < 1.29 is 14.7 Å². The average molecular weight is 255 g/mol. The van der Waals surface area contributed by atoms with E-state index in [-0.39, 0.29) is 17.7 Å². The number of hydrogen-bond donors (Lipinski definition) is 1. The van der Waals surface area contributed by atoms with E-state index >= 15 is 0 Å². The highest BCUT2D eigenvalue weighted by molar-refractivity contribution is 5.84. The van der Waals surface area contributed by atoms with Crippen LogP contribution in [0, 0.1) is 11.3 Å². The van der Waals surface area contributed by atoms with Crippen LogP contribution in [0.3, 0.4) is 0 Å². The van der Waals surface area contributed by atoms with E-state index in [1.165, 1.54) is 0 Å². The Bertz CT molecular complexity index is 308. The highest BCUT2D eigenvalue weighted by Gasteiger charge is 2.45. The molecular formula is C14H25NO3. The minimum Gasteiger partial charge on any atom is -0.481 e. The van der Waals surface area contributed by atoms with Crippen LogP contribution in [-0.4, -0.2) is 35.0 Å². The van der Waals surface area contributed by atoms with Gasteiger partial charge >= 0.3 is 5.97 Å². The standard InChI is InChI=1S/C14H25NO3/c1-4-15(9-6-12(16)17)13(18)14(7-5-8-14)10-11(2)3/h11H,4-10H2,1-3H3,(H,16,17). The van der Waals surface area contributed by atoms with Crippen LogP contribution in [-0.2, 0) is 9.59 Å². The van der Waals surface area contributed by atoms with Crippen LogP contribution in [0.15, 0.2) is 0 Å². The van der Waals surface area contributed by atoms with Crippen molar-refractivity contribution >= 4 is 11.9 Å². The van der Waals surface area contributed by atoms with Crippen LogP contribution in [0.5, 0.6) is 0 Å². The lowest BCUT2D eigenvalue weighted by molar-refractivity contribution is -0.149. The Hall–Kier alpha value is -1.06. The maximum absolute atomic E-state index is 12.6. The Labute approximate surface area is 109 Å². The fraction of sp³-hybridized carbons (Fsp3) is 0.857. The molecule has 0 aliphatic heterocycles. The molecule has 1 aliphatic rings. The van der Waals surface area contributed by atoms with Crippen LogP contribution in [0.4, 0.5) is 0 Å². The molecule has 0 saturated heterocycles. The Morgan fingerprint density at radius 3 is 2.28 bits per heavy atom. The summed E-state index contributed by atoms with van der Waals surface area (Å²) >= 11 is 0. The first kappa shape index (κ1) is 15.0. The second-order valence-electron chi connectivity index (χ2n) is 5.76. The van der Waals surface area contributed by atoms with Crippen LogP contribution >= 0.6 is 0 Å². The molecule has 0 bridgehead atoms. The number of hydrogen-bond acceptors (Lipinski definition) is 2. The second-order valence-corrected chi connectivity index (χ2v) is 5.76. The number of carbonyl (C=O) groups is 2. The number of carboxylic acid groups (broad SMARTS) is 1. The number of aliphatic carboxylic acids is 1. The van der Waals surface area contributed by atoms with E-state index in [1.54, 1.807) is 4.90 Å². The molecule has 0 atom stereocenters. The average Bonchev–Trinajstić information content (AvgIpc) is 2.23. The number of carboxylic acids is 1. The number of carbonyl (C=O) groups excluding carboxylic acids is 1. The Balaban J connectivity index is 2.66. The van der Waals surface area contributed by atoms with Crippen molar-refractivity contribution in [1.29, 1.82) is 0 Å². The van der Waals surface area contributed by atoms with Crippen LogP contribution < -0.4 is 0 Å². The second kappa shape index (κ2) is 6.21. The van der Waals surface area contributed by atoms with Gasteiger partial charge in [0.15, 0.2) is 0 Å². The highest BCUT2D eigenvalue weighted by Crippen LogP contribution is 2.47. The Morgan fingerprint density at radius 2 is 1.94 bits per heavy atom. The summed E-state index contributed by atoms with van der Waals surface area (Å²) in [6, 6.07) is 0. The molecule has 1 fully saturated rings. The van der Waals surface area contributed by atoms with Gasteiger partial charge in [-0.05, 0) is 32.1 Å². The van der Waals surface area contributed by atoms with Crippen LogP contribution in [0.1, 0.15) is 52.9 Å². The van der Waals surface area contributed by atoms with E-state index in [0.29, 0.717) is 19.0 Å².